The first kappa shape index (κ1) is 18.3. The van der Waals surface area contributed by atoms with Gasteiger partial charge >= 0.3 is 5.97 Å². The van der Waals surface area contributed by atoms with Crippen LogP contribution in [-0.4, -0.2) is 31.2 Å². The highest BCUT2D eigenvalue weighted by Gasteiger charge is 2.08. The zero-order valence-electron chi connectivity index (χ0n) is 14.2. The number of carboxylic acids is 1. The maximum absolute atomic E-state index is 12.0. The molecule has 6 nitrogen and oxygen atoms in total. The largest absolute Gasteiger partial charge is 0.497 e. The van der Waals surface area contributed by atoms with E-state index in [-0.39, 0.29) is 11.5 Å². The molecule has 132 valence electrons. The number of nitrogens with one attached hydrogen (secondary N) is 1. The van der Waals surface area contributed by atoms with Crippen LogP contribution in [0.2, 0.25) is 0 Å². The van der Waals surface area contributed by atoms with Gasteiger partial charge in [0.1, 0.15) is 11.5 Å². The van der Waals surface area contributed by atoms with Gasteiger partial charge in [-0.2, -0.15) is 0 Å². The van der Waals surface area contributed by atoms with Crippen molar-refractivity contribution in [3.8, 4) is 11.5 Å². The summed E-state index contributed by atoms with van der Waals surface area (Å²) in [5.74, 6) is 0.331. The minimum absolute atomic E-state index is 0.0906. The fourth-order valence-corrected chi connectivity index (χ4v) is 2.37. The number of aromatic carboxylic acids is 1. The van der Waals surface area contributed by atoms with Gasteiger partial charge in [0.2, 0.25) is 5.91 Å². The minimum atomic E-state index is -0.962. The van der Waals surface area contributed by atoms with Crippen LogP contribution in [0.25, 0.3) is 0 Å². The van der Waals surface area contributed by atoms with Crippen LogP contribution in [0.3, 0.4) is 0 Å². The predicted octanol–water partition coefficient (Wildman–Crippen LogP) is 2.65. The molecule has 0 heterocycles. The summed E-state index contributed by atoms with van der Waals surface area (Å²) in [4.78, 5) is 22.9. The van der Waals surface area contributed by atoms with Crippen LogP contribution in [-0.2, 0) is 17.8 Å². The van der Waals surface area contributed by atoms with E-state index in [1.807, 2.05) is 6.07 Å². The van der Waals surface area contributed by atoms with Crippen LogP contribution in [0.1, 0.15) is 27.9 Å². The molecule has 1 amide bonds. The van der Waals surface area contributed by atoms with Crippen LogP contribution in [0, 0.1) is 0 Å². The first-order valence-electron chi connectivity index (χ1n) is 7.83. The van der Waals surface area contributed by atoms with Crippen molar-refractivity contribution in [3.05, 3.63) is 59.2 Å². The molecule has 0 unspecified atom stereocenters. The number of rotatable bonds is 8. The topological polar surface area (TPSA) is 84.9 Å². The second kappa shape index (κ2) is 8.73. The Bertz CT molecular complexity index is 740. The van der Waals surface area contributed by atoms with Gasteiger partial charge in [0, 0.05) is 18.5 Å². The molecule has 25 heavy (non-hydrogen) atoms. The molecule has 0 spiro atoms. The van der Waals surface area contributed by atoms with Gasteiger partial charge in [-0.3, -0.25) is 4.79 Å². The Hall–Kier alpha value is -3.02. The summed E-state index contributed by atoms with van der Waals surface area (Å²) in [7, 11) is 3.16. The van der Waals surface area contributed by atoms with Gasteiger partial charge in [0.05, 0.1) is 19.8 Å². The number of aryl methyl sites for hydroxylation is 1. The average molecular weight is 343 g/mol. The third-order valence-electron chi connectivity index (χ3n) is 3.81. The molecule has 2 N–H and O–H groups in total. The highest BCUT2D eigenvalue weighted by Crippen LogP contribution is 2.23. The fraction of sp³-hybridized carbons (Fsp3) is 0.263. The zero-order chi connectivity index (χ0) is 18.2. The summed E-state index contributed by atoms with van der Waals surface area (Å²) in [6.45, 7) is 0.344. The molecular formula is C19H21NO5. The summed E-state index contributed by atoms with van der Waals surface area (Å²) in [5.41, 5.74) is 1.98. The van der Waals surface area contributed by atoms with Gasteiger partial charge in [-0.05, 0) is 42.3 Å². The Morgan fingerprint density at radius 2 is 1.76 bits per heavy atom. The fourth-order valence-electron chi connectivity index (χ4n) is 2.37. The van der Waals surface area contributed by atoms with Gasteiger partial charge in [-0.25, -0.2) is 4.79 Å². The molecule has 0 saturated heterocycles. The van der Waals surface area contributed by atoms with Crippen LogP contribution >= 0.6 is 0 Å². The third-order valence-corrected chi connectivity index (χ3v) is 3.81. The van der Waals surface area contributed by atoms with Gasteiger partial charge in [0.15, 0.2) is 0 Å². The van der Waals surface area contributed by atoms with Gasteiger partial charge in [-0.15, -0.1) is 0 Å². The van der Waals surface area contributed by atoms with Crippen molar-refractivity contribution in [2.75, 3.05) is 14.2 Å². The Morgan fingerprint density at radius 3 is 2.36 bits per heavy atom. The number of hydrogen-bond donors (Lipinski definition) is 2. The van der Waals surface area contributed by atoms with Crippen molar-refractivity contribution >= 4 is 11.9 Å². The van der Waals surface area contributed by atoms with E-state index in [2.05, 4.69) is 5.32 Å². The maximum Gasteiger partial charge on any atom is 0.335 e. The lowest BCUT2D eigenvalue weighted by atomic mass is 10.1. The molecule has 0 aliphatic rings. The first-order chi connectivity index (χ1) is 12.0. The summed E-state index contributed by atoms with van der Waals surface area (Å²) >= 11 is 0. The van der Waals surface area contributed by atoms with Crippen molar-refractivity contribution in [2.45, 2.75) is 19.4 Å². The monoisotopic (exact) mass is 343 g/mol. The number of ether oxygens (including phenoxy) is 2. The van der Waals surface area contributed by atoms with Crippen LogP contribution in [0.4, 0.5) is 0 Å². The molecule has 0 aliphatic heterocycles. The normalized spacial score (nSPS) is 10.2. The molecule has 0 radical (unpaired) electrons. The highest BCUT2D eigenvalue weighted by molar-refractivity contribution is 5.87. The lowest BCUT2D eigenvalue weighted by Gasteiger charge is -2.11. The van der Waals surface area contributed by atoms with Crippen molar-refractivity contribution in [1.29, 1.82) is 0 Å². The summed E-state index contributed by atoms with van der Waals surface area (Å²) < 4.78 is 10.5. The number of hydrogen-bond acceptors (Lipinski definition) is 4. The molecule has 6 heteroatoms. The zero-order valence-corrected chi connectivity index (χ0v) is 14.2. The van der Waals surface area contributed by atoms with E-state index in [0.717, 1.165) is 11.1 Å². The highest BCUT2D eigenvalue weighted by atomic mass is 16.5. The maximum atomic E-state index is 12.0. The molecule has 0 fully saturated rings. The lowest BCUT2D eigenvalue weighted by molar-refractivity contribution is -0.121. The van der Waals surface area contributed by atoms with E-state index in [1.54, 1.807) is 38.5 Å². The van der Waals surface area contributed by atoms with Crippen molar-refractivity contribution in [2.24, 2.45) is 0 Å². The van der Waals surface area contributed by atoms with Crippen molar-refractivity contribution < 1.29 is 24.2 Å². The van der Waals surface area contributed by atoms with E-state index in [4.69, 9.17) is 14.6 Å². The summed E-state index contributed by atoms with van der Waals surface area (Å²) in [6, 6.07) is 11.9. The summed E-state index contributed by atoms with van der Waals surface area (Å²) in [6.07, 6.45) is 0.861. The minimum Gasteiger partial charge on any atom is -0.497 e. The Balaban J connectivity index is 1.87. The molecule has 0 atom stereocenters. The van der Waals surface area contributed by atoms with Crippen molar-refractivity contribution in [1.82, 2.24) is 5.32 Å². The third kappa shape index (κ3) is 5.24. The van der Waals surface area contributed by atoms with Gasteiger partial charge < -0.3 is 19.9 Å². The average Bonchev–Trinajstić information content (AvgIpc) is 2.64. The van der Waals surface area contributed by atoms with E-state index in [9.17, 15) is 9.59 Å². The standard InChI is InChI=1S/C19H21NO5/c1-24-16-8-9-17(25-2)15(11-16)12-20-18(21)10-5-13-3-6-14(7-4-13)19(22)23/h3-4,6-9,11H,5,10,12H2,1-2H3,(H,20,21)(H,22,23). The van der Waals surface area contributed by atoms with E-state index in [1.165, 1.54) is 12.1 Å². The number of carboxylic acid groups (broad SMARTS) is 1. The molecule has 2 rings (SSSR count). The van der Waals surface area contributed by atoms with E-state index >= 15 is 0 Å². The van der Waals surface area contributed by atoms with Gasteiger partial charge in [0.25, 0.3) is 0 Å². The number of carbonyl (C=O) groups is 2. The van der Waals surface area contributed by atoms with Crippen LogP contribution in [0.15, 0.2) is 42.5 Å². The van der Waals surface area contributed by atoms with Gasteiger partial charge in [-0.1, -0.05) is 12.1 Å². The Labute approximate surface area is 146 Å². The van der Waals surface area contributed by atoms with E-state index < -0.39 is 5.97 Å². The summed E-state index contributed by atoms with van der Waals surface area (Å²) in [5, 5.41) is 11.7. The second-order valence-electron chi connectivity index (χ2n) is 5.46. The molecule has 0 bridgehead atoms. The van der Waals surface area contributed by atoms with Crippen LogP contribution in [0.5, 0.6) is 11.5 Å². The van der Waals surface area contributed by atoms with Crippen LogP contribution < -0.4 is 14.8 Å². The molecule has 0 saturated carbocycles. The SMILES string of the molecule is COc1ccc(OC)c(CNC(=O)CCc2ccc(C(=O)O)cc2)c1. The number of benzene rings is 2. The molecule has 2 aromatic rings. The van der Waals surface area contributed by atoms with E-state index in [0.29, 0.717) is 30.9 Å². The Morgan fingerprint density at radius 1 is 1.04 bits per heavy atom. The number of methoxy groups -OCH3 is 2. The first-order valence-corrected chi connectivity index (χ1v) is 7.83. The number of amides is 1. The Kier molecular flexibility index (Phi) is 6.39. The quantitative estimate of drug-likeness (QED) is 0.770. The molecule has 0 aromatic heterocycles. The second-order valence-corrected chi connectivity index (χ2v) is 5.46. The predicted molar refractivity (Wildman–Crippen MR) is 93.1 cm³/mol. The van der Waals surface area contributed by atoms with Crippen molar-refractivity contribution in [3.63, 3.8) is 0 Å². The molecular weight excluding hydrogens is 322 g/mol. The molecule has 2 aromatic carbocycles. The number of carbonyl (C=O) groups excluding carboxylic acids is 1. The smallest absolute Gasteiger partial charge is 0.335 e. The lowest BCUT2D eigenvalue weighted by Crippen LogP contribution is -2.23. The molecule has 0 aliphatic carbocycles.